The Morgan fingerprint density at radius 1 is 1.47 bits per heavy atom. The van der Waals surface area contributed by atoms with Crippen LogP contribution in [0.15, 0.2) is 24.3 Å². The molecule has 0 radical (unpaired) electrons. The summed E-state index contributed by atoms with van der Waals surface area (Å²) in [5, 5.41) is 12.1. The SMILES string of the molecule is N#CC1CNCCN1C(=O)c1ccc(I)cc1. The van der Waals surface area contributed by atoms with Crippen LogP contribution in [-0.4, -0.2) is 36.5 Å². The van der Waals surface area contributed by atoms with Gasteiger partial charge in [-0.15, -0.1) is 0 Å². The summed E-state index contributed by atoms with van der Waals surface area (Å²) in [7, 11) is 0. The summed E-state index contributed by atoms with van der Waals surface area (Å²) < 4.78 is 1.09. The zero-order valence-corrected chi connectivity index (χ0v) is 11.3. The van der Waals surface area contributed by atoms with Crippen molar-refractivity contribution in [3.63, 3.8) is 0 Å². The minimum Gasteiger partial charge on any atom is -0.320 e. The van der Waals surface area contributed by atoms with E-state index in [0.717, 1.165) is 10.1 Å². The van der Waals surface area contributed by atoms with E-state index in [4.69, 9.17) is 5.26 Å². The van der Waals surface area contributed by atoms with Gasteiger partial charge in [-0.2, -0.15) is 5.26 Å². The number of nitrogens with zero attached hydrogens (tertiary/aromatic N) is 2. The second kappa shape index (κ2) is 5.47. The summed E-state index contributed by atoms with van der Waals surface area (Å²) in [6.07, 6.45) is 0. The van der Waals surface area contributed by atoms with Gasteiger partial charge in [0.05, 0.1) is 6.07 Å². The Bertz CT molecular complexity index is 452. The molecule has 1 aliphatic rings. The number of halogens is 1. The summed E-state index contributed by atoms with van der Waals surface area (Å²) in [5.41, 5.74) is 0.646. The molecule has 1 heterocycles. The monoisotopic (exact) mass is 341 g/mol. The van der Waals surface area contributed by atoms with Gasteiger partial charge in [-0.3, -0.25) is 4.79 Å². The molecule has 0 aliphatic carbocycles. The van der Waals surface area contributed by atoms with Crippen molar-refractivity contribution in [2.24, 2.45) is 0 Å². The molecular formula is C12H12IN3O. The van der Waals surface area contributed by atoms with Crippen molar-refractivity contribution in [3.8, 4) is 6.07 Å². The minimum atomic E-state index is -0.365. The highest BCUT2D eigenvalue weighted by Crippen LogP contribution is 2.12. The number of carbonyl (C=O) groups excluding carboxylic acids is 1. The quantitative estimate of drug-likeness (QED) is 0.782. The molecule has 0 bridgehead atoms. The second-order valence-electron chi connectivity index (χ2n) is 3.85. The van der Waals surface area contributed by atoms with E-state index >= 15 is 0 Å². The van der Waals surface area contributed by atoms with E-state index in [1.807, 2.05) is 12.1 Å². The lowest BCUT2D eigenvalue weighted by Crippen LogP contribution is -2.53. The van der Waals surface area contributed by atoms with Crippen LogP contribution in [0.1, 0.15) is 10.4 Å². The van der Waals surface area contributed by atoms with Gasteiger partial charge >= 0.3 is 0 Å². The molecule has 4 nitrogen and oxygen atoms in total. The van der Waals surface area contributed by atoms with Crippen molar-refractivity contribution in [1.82, 2.24) is 10.2 Å². The number of carbonyl (C=O) groups is 1. The van der Waals surface area contributed by atoms with Crippen LogP contribution < -0.4 is 5.32 Å². The summed E-state index contributed by atoms with van der Waals surface area (Å²) in [4.78, 5) is 13.9. The number of hydrogen-bond donors (Lipinski definition) is 1. The first-order chi connectivity index (χ1) is 8.22. The Labute approximate surface area is 114 Å². The fourth-order valence-corrected chi connectivity index (χ4v) is 2.18. The van der Waals surface area contributed by atoms with Gasteiger partial charge in [0, 0.05) is 28.8 Å². The fourth-order valence-electron chi connectivity index (χ4n) is 1.82. The van der Waals surface area contributed by atoms with E-state index in [-0.39, 0.29) is 11.9 Å². The second-order valence-corrected chi connectivity index (χ2v) is 5.10. The van der Waals surface area contributed by atoms with Crippen molar-refractivity contribution >= 4 is 28.5 Å². The fraction of sp³-hybridized carbons (Fsp3) is 0.333. The first-order valence-electron chi connectivity index (χ1n) is 5.39. The van der Waals surface area contributed by atoms with Crippen LogP contribution in [0.3, 0.4) is 0 Å². The maximum Gasteiger partial charge on any atom is 0.255 e. The van der Waals surface area contributed by atoms with Gasteiger partial charge in [-0.05, 0) is 46.9 Å². The largest absolute Gasteiger partial charge is 0.320 e. The molecule has 1 aromatic carbocycles. The molecule has 1 saturated heterocycles. The zero-order chi connectivity index (χ0) is 12.3. The van der Waals surface area contributed by atoms with E-state index in [2.05, 4.69) is 34.0 Å². The molecule has 1 fully saturated rings. The molecule has 2 rings (SSSR count). The van der Waals surface area contributed by atoms with Crippen LogP contribution >= 0.6 is 22.6 Å². The van der Waals surface area contributed by atoms with Crippen LogP contribution in [0, 0.1) is 14.9 Å². The normalized spacial score (nSPS) is 19.8. The predicted octanol–water partition coefficient (Wildman–Crippen LogP) is 1.23. The van der Waals surface area contributed by atoms with Gasteiger partial charge in [0.15, 0.2) is 0 Å². The first kappa shape index (κ1) is 12.3. The number of hydrogen-bond acceptors (Lipinski definition) is 3. The third-order valence-corrected chi connectivity index (χ3v) is 3.46. The molecular weight excluding hydrogens is 329 g/mol. The van der Waals surface area contributed by atoms with Crippen molar-refractivity contribution in [1.29, 1.82) is 5.26 Å². The Hall–Kier alpha value is -1.13. The molecule has 1 amide bonds. The van der Waals surface area contributed by atoms with Gasteiger partial charge in [-0.25, -0.2) is 0 Å². The van der Waals surface area contributed by atoms with Gasteiger partial charge in [0.2, 0.25) is 0 Å². The third-order valence-electron chi connectivity index (χ3n) is 2.74. The molecule has 1 aromatic rings. The molecule has 1 unspecified atom stereocenters. The lowest BCUT2D eigenvalue weighted by Gasteiger charge is -2.32. The van der Waals surface area contributed by atoms with Crippen molar-refractivity contribution in [2.45, 2.75) is 6.04 Å². The van der Waals surface area contributed by atoms with Crippen LogP contribution in [-0.2, 0) is 0 Å². The Morgan fingerprint density at radius 2 is 2.18 bits per heavy atom. The number of benzene rings is 1. The molecule has 0 aromatic heterocycles. The van der Waals surface area contributed by atoms with Gasteiger partial charge < -0.3 is 10.2 Å². The lowest BCUT2D eigenvalue weighted by atomic mass is 10.1. The highest BCUT2D eigenvalue weighted by Gasteiger charge is 2.26. The number of piperazine rings is 1. The number of nitrogens with one attached hydrogen (secondary N) is 1. The Balaban J connectivity index is 2.18. The average Bonchev–Trinajstić information content (AvgIpc) is 2.39. The summed E-state index contributed by atoms with van der Waals surface area (Å²) in [6, 6.07) is 9.20. The Morgan fingerprint density at radius 3 is 2.82 bits per heavy atom. The Kier molecular flexibility index (Phi) is 3.97. The van der Waals surface area contributed by atoms with Gasteiger partial charge in [0.25, 0.3) is 5.91 Å². The zero-order valence-electron chi connectivity index (χ0n) is 9.19. The van der Waals surface area contributed by atoms with Crippen molar-refractivity contribution in [3.05, 3.63) is 33.4 Å². The first-order valence-corrected chi connectivity index (χ1v) is 6.47. The van der Waals surface area contributed by atoms with Gasteiger partial charge in [-0.1, -0.05) is 0 Å². The number of amides is 1. The molecule has 1 N–H and O–H groups in total. The molecule has 88 valence electrons. The van der Waals surface area contributed by atoms with E-state index < -0.39 is 0 Å². The summed E-state index contributed by atoms with van der Waals surface area (Å²) in [6.45, 7) is 1.88. The van der Waals surface area contributed by atoms with E-state index in [9.17, 15) is 4.79 Å². The highest BCUT2D eigenvalue weighted by atomic mass is 127. The average molecular weight is 341 g/mol. The highest BCUT2D eigenvalue weighted by molar-refractivity contribution is 14.1. The molecule has 5 heteroatoms. The van der Waals surface area contributed by atoms with Crippen molar-refractivity contribution < 1.29 is 4.79 Å². The molecule has 0 spiro atoms. The minimum absolute atomic E-state index is 0.0607. The van der Waals surface area contributed by atoms with E-state index in [1.54, 1.807) is 17.0 Å². The molecule has 1 aliphatic heterocycles. The number of nitriles is 1. The topological polar surface area (TPSA) is 56.1 Å². The van der Waals surface area contributed by atoms with E-state index in [1.165, 1.54) is 0 Å². The van der Waals surface area contributed by atoms with Crippen LogP contribution in [0.2, 0.25) is 0 Å². The lowest BCUT2D eigenvalue weighted by molar-refractivity contribution is 0.0687. The maximum absolute atomic E-state index is 12.2. The smallest absolute Gasteiger partial charge is 0.255 e. The van der Waals surface area contributed by atoms with E-state index in [0.29, 0.717) is 18.7 Å². The standard InChI is InChI=1S/C12H12IN3O/c13-10-3-1-9(2-4-10)12(17)16-6-5-15-8-11(16)7-14/h1-4,11,15H,5-6,8H2. The molecule has 0 saturated carbocycles. The van der Waals surface area contributed by atoms with Crippen LogP contribution in [0.5, 0.6) is 0 Å². The predicted molar refractivity (Wildman–Crippen MR) is 72.5 cm³/mol. The number of rotatable bonds is 1. The van der Waals surface area contributed by atoms with Gasteiger partial charge in [0.1, 0.15) is 6.04 Å². The molecule has 1 atom stereocenters. The van der Waals surface area contributed by atoms with Crippen LogP contribution in [0.4, 0.5) is 0 Å². The summed E-state index contributed by atoms with van der Waals surface area (Å²) >= 11 is 2.20. The van der Waals surface area contributed by atoms with Crippen molar-refractivity contribution in [2.75, 3.05) is 19.6 Å². The van der Waals surface area contributed by atoms with Crippen LogP contribution in [0.25, 0.3) is 0 Å². The third kappa shape index (κ3) is 2.76. The summed E-state index contributed by atoms with van der Waals surface area (Å²) in [5.74, 6) is -0.0607. The maximum atomic E-state index is 12.2. The molecule has 17 heavy (non-hydrogen) atoms.